The lowest BCUT2D eigenvalue weighted by Gasteiger charge is -2.30. The van der Waals surface area contributed by atoms with Gasteiger partial charge in [-0.3, -0.25) is 4.79 Å². The first-order valence-corrected chi connectivity index (χ1v) is 9.91. The van der Waals surface area contributed by atoms with Crippen LogP contribution in [0.2, 0.25) is 0 Å². The maximum Gasteiger partial charge on any atom is 0.231 e. The van der Waals surface area contributed by atoms with E-state index in [1.54, 1.807) is 0 Å². The zero-order valence-electron chi connectivity index (χ0n) is 15.0. The highest BCUT2D eigenvalue weighted by Crippen LogP contribution is 2.72. The Kier molecular flexibility index (Phi) is 4.59. The number of carbonyl (C=O) groups excluding carboxylic acids is 1. The van der Waals surface area contributed by atoms with Gasteiger partial charge in [-0.1, -0.05) is 43.2 Å². The Morgan fingerprint density at radius 3 is 2.52 bits per heavy atom. The third-order valence-corrected chi connectivity index (χ3v) is 6.87. The molecule has 3 aliphatic rings. The number of aliphatic hydroxyl groups is 1. The minimum absolute atomic E-state index is 0.138. The molecule has 3 fully saturated rings. The second-order valence-corrected chi connectivity index (χ2v) is 8.26. The van der Waals surface area contributed by atoms with Crippen LogP contribution >= 0.6 is 0 Å². The maximum atomic E-state index is 13.2. The number of piperidine rings is 1. The summed E-state index contributed by atoms with van der Waals surface area (Å²) in [6.07, 6.45) is 7.50. The molecule has 2 saturated carbocycles. The van der Waals surface area contributed by atoms with Crippen LogP contribution in [0.1, 0.15) is 50.5 Å². The fraction of sp³-hybridized carbons (Fsp3) is 0.667. The van der Waals surface area contributed by atoms with Crippen molar-refractivity contribution < 1.29 is 9.90 Å². The molecule has 1 aromatic rings. The molecule has 4 rings (SSSR count). The number of hydrogen-bond donors (Lipinski definition) is 2. The molecule has 4 heteroatoms. The van der Waals surface area contributed by atoms with Crippen molar-refractivity contribution in [2.75, 3.05) is 26.2 Å². The summed E-state index contributed by atoms with van der Waals surface area (Å²) in [4.78, 5) is 15.6. The summed E-state index contributed by atoms with van der Waals surface area (Å²) in [6, 6.07) is 10.4. The van der Waals surface area contributed by atoms with E-state index in [0.717, 1.165) is 38.9 Å². The lowest BCUT2D eigenvalue weighted by atomic mass is 9.84. The average Bonchev–Trinajstić information content (AvgIpc) is 3.05. The van der Waals surface area contributed by atoms with E-state index in [1.807, 2.05) is 6.07 Å². The van der Waals surface area contributed by atoms with E-state index in [-0.39, 0.29) is 22.8 Å². The highest BCUT2D eigenvalue weighted by Gasteiger charge is 2.72. The van der Waals surface area contributed by atoms with Gasteiger partial charge in [-0.05, 0) is 43.1 Å². The molecule has 1 amide bonds. The first-order chi connectivity index (χ1) is 12.2. The van der Waals surface area contributed by atoms with Crippen LogP contribution in [-0.2, 0) is 10.2 Å². The Labute approximate surface area is 150 Å². The lowest BCUT2D eigenvalue weighted by molar-refractivity contribution is -0.124. The van der Waals surface area contributed by atoms with E-state index < -0.39 is 0 Å². The Hall–Kier alpha value is -1.39. The van der Waals surface area contributed by atoms with E-state index in [0.29, 0.717) is 6.54 Å². The molecule has 1 aromatic carbocycles. The SMILES string of the molecule is O=C(NCCN1CCC(O)CC1)[C@]1(c2ccccc2)CC12CCCC2. The normalized spacial score (nSPS) is 29.0. The predicted octanol–water partition coefficient (Wildman–Crippen LogP) is 2.46. The van der Waals surface area contributed by atoms with Gasteiger partial charge in [-0.2, -0.15) is 0 Å². The second kappa shape index (κ2) is 6.73. The number of aliphatic hydroxyl groups excluding tert-OH is 1. The molecule has 1 aliphatic heterocycles. The van der Waals surface area contributed by atoms with Gasteiger partial charge < -0.3 is 15.3 Å². The van der Waals surface area contributed by atoms with E-state index >= 15 is 0 Å². The molecule has 0 unspecified atom stereocenters. The molecule has 2 aliphatic carbocycles. The van der Waals surface area contributed by atoms with Crippen molar-refractivity contribution >= 4 is 5.91 Å². The van der Waals surface area contributed by atoms with E-state index in [2.05, 4.69) is 34.5 Å². The standard InChI is InChI=1S/C21H30N2O2/c24-18-8-13-23(14-9-18)15-12-22-19(25)21(17-6-2-1-3-7-17)16-20(21)10-4-5-11-20/h1-3,6-7,18,24H,4-5,8-16H2,(H,22,25)/t21-/m1/s1. The quantitative estimate of drug-likeness (QED) is 0.864. The van der Waals surface area contributed by atoms with Gasteiger partial charge in [0.1, 0.15) is 0 Å². The number of rotatable bonds is 5. The van der Waals surface area contributed by atoms with Crippen molar-refractivity contribution in [3.63, 3.8) is 0 Å². The van der Waals surface area contributed by atoms with Crippen LogP contribution in [-0.4, -0.2) is 48.2 Å². The van der Waals surface area contributed by atoms with Gasteiger partial charge in [0.2, 0.25) is 5.91 Å². The smallest absolute Gasteiger partial charge is 0.231 e. The van der Waals surface area contributed by atoms with Gasteiger partial charge in [-0.25, -0.2) is 0 Å². The van der Waals surface area contributed by atoms with Gasteiger partial charge in [0, 0.05) is 26.2 Å². The van der Waals surface area contributed by atoms with Crippen LogP contribution in [0, 0.1) is 5.41 Å². The first-order valence-electron chi connectivity index (χ1n) is 9.91. The van der Waals surface area contributed by atoms with E-state index in [9.17, 15) is 9.90 Å². The first kappa shape index (κ1) is 17.0. The van der Waals surface area contributed by atoms with Crippen LogP contribution in [0.15, 0.2) is 30.3 Å². The molecule has 25 heavy (non-hydrogen) atoms. The summed E-state index contributed by atoms with van der Waals surface area (Å²) in [7, 11) is 0. The third-order valence-electron chi connectivity index (χ3n) is 6.87. The second-order valence-electron chi connectivity index (χ2n) is 8.26. The zero-order chi connectivity index (χ0) is 17.3. The van der Waals surface area contributed by atoms with E-state index in [1.165, 1.54) is 31.2 Å². The molecule has 0 bridgehead atoms. The number of benzene rings is 1. The van der Waals surface area contributed by atoms with Crippen molar-refractivity contribution in [2.24, 2.45) is 5.41 Å². The van der Waals surface area contributed by atoms with Gasteiger partial charge in [0.25, 0.3) is 0 Å². The van der Waals surface area contributed by atoms with Crippen molar-refractivity contribution in [1.82, 2.24) is 10.2 Å². The molecule has 1 heterocycles. The molecular formula is C21H30N2O2. The number of amides is 1. The minimum Gasteiger partial charge on any atom is -0.393 e. The van der Waals surface area contributed by atoms with E-state index in [4.69, 9.17) is 0 Å². The fourth-order valence-corrected chi connectivity index (χ4v) is 5.32. The number of likely N-dealkylation sites (tertiary alicyclic amines) is 1. The summed E-state index contributed by atoms with van der Waals surface area (Å²) in [5.41, 5.74) is 1.13. The van der Waals surface area contributed by atoms with Crippen molar-refractivity contribution in [2.45, 2.75) is 56.5 Å². The largest absolute Gasteiger partial charge is 0.393 e. The number of carbonyl (C=O) groups is 1. The monoisotopic (exact) mass is 342 g/mol. The molecule has 1 atom stereocenters. The molecular weight excluding hydrogens is 312 g/mol. The number of hydrogen-bond acceptors (Lipinski definition) is 3. The molecule has 1 spiro atoms. The zero-order valence-corrected chi connectivity index (χ0v) is 15.0. The Bertz CT molecular complexity index is 604. The molecule has 136 valence electrons. The molecule has 2 N–H and O–H groups in total. The van der Waals surface area contributed by atoms with Crippen LogP contribution in [0.3, 0.4) is 0 Å². The van der Waals surface area contributed by atoms with Gasteiger partial charge in [0.05, 0.1) is 11.5 Å². The van der Waals surface area contributed by atoms with Gasteiger partial charge >= 0.3 is 0 Å². The minimum atomic E-state index is -0.289. The Morgan fingerprint density at radius 1 is 1.16 bits per heavy atom. The summed E-state index contributed by atoms with van der Waals surface area (Å²) < 4.78 is 0. The van der Waals surface area contributed by atoms with Crippen molar-refractivity contribution in [3.05, 3.63) is 35.9 Å². The van der Waals surface area contributed by atoms with Crippen LogP contribution in [0.25, 0.3) is 0 Å². The van der Waals surface area contributed by atoms with Gasteiger partial charge in [-0.15, -0.1) is 0 Å². The Morgan fingerprint density at radius 2 is 1.84 bits per heavy atom. The lowest BCUT2D eigenvalue weighted by Crippen LogP contribution is -2.44. The molecule has 0 radical (unpaired) electrons. The highest BCUT2D eigenvalue weighted by molar-refractivity contribution is 5.93. The van der Waals surface area contributed by atoms with Crippen LogP contribution < -0.4 is 5.32 Å². The Balaban J connectivity index is 1.40. The van der Waals surface area contributed by atoms with Gasteiger partial charge in [0.15, 0.2) is 0 Å². The highest BCUT2D eigenvalue weighted by atomic mass is 16.3. The topological polar surface area (TPSA) is 52.6 Å². The summed E-state index contributed by atoms with van der Waals surface area (Å²) in [5.74, 6) is 0.234. The average molecular weight is 342 g/mol. The van der Waals surface area contributed by atoms with Crippen molar-refractivity contribution in [1.29, 1.82) is 0 Å². The molecule has 4 nitrogen and oxygen atoms in total. The van der Waals surface area contributed by atoms with Crippen LogP contribution in [0.4, 0.5) is 0 Å². The molecule has 1 saturated heterocycles. The third kappa shape index (κ3) is 3.00. The summed E-state index contributed by atoms with van der Waals surface area (Å²) in [6.45, 7) is 3.46. The predicted molar refractivity (Wildman–Crippen MR) is 98.3 cm³/mol. The van der Waals surface area contributed by atoms with Crippen LogP contribution in [0.5, 0.6) is 0 Å². The molecule has 0 aromatic heterocycles. The summed E-state index contributed by atoms with van der Waals surface area (Å²) in [5, 5.41) is 12.9. The number of nitrogens with one attached hydrogen (secondary N) is 1. The summed E-state index contributed by atoms with van der Waals surface area (Å²) >= 11 is 0. The van der Waals surface area contributed by atoms with Crippen molar-refractivity contribution in [3.8, 4) is 0 Å². The fourth-order valence-electron chi connectivity index (χ4n) is 5.32. The number of nitrogens with zero attached hydrogens (tertiary/aromatic N) is 1. The maximum absolute atomic E-state index is 13.2.